The number of nitrogens with zero attached hydrogens (tertiary/aromatic N) is 5. The SMILES string of the molecule is CC(=O)c1ccc(-c2cncc3[nH]c(-c4n[nH]c5ncc(-c6cncc(OCCN7CCCC7)c6)cc45)cc23)s1. The van der Waals surface area contributed by atoms with Crippen molar-refractivity contribution in [1.82, 2.24) is 35.0 Å². The van der Waals surface area contributed by atoms with E-state index in [0.29, 0.717) is 12.3 Å². The second kappa shape index (κ2) is 10.3. The molecule has 1 fully saturated rings. The predicted molar refractivity (Wildman–Crippen MR) is 157 cm³/mol. The number of rotatable bonds is 8. The molecule has 0 spiro atoms. The summed E-state index contributed by atoms with van der Waals surface area (Å²) in [4.78, 5) is 33.0. The first kappa shape index (κ1) is 24.6. The quantitative estimate of drug-likeness (QED) is 0.225. The fourth-order valence-electron chi connectivity index (χ4n) is 5.27. The largest absolute Gasteiger partial charge is 0.491 e. The van der Waals surface area contributed by atoms with Crippen molar-refractivity contribution in [2.45, 2.75) is 19.8 Å². The average Bonchev–Trinajstić information content (AvgIpc) is 3.78. The molecule has 1 saturated heterocycles. The Hall–Kier alpha value is -4.41. The van der Waals surface area contributed by atoms with Crippen LogP contribution < -0.4 is 4.74 Å². The highest BCUT2D eigenvalue weighted by Gasteiger charge is 2.17. The van der Waals surface area contributed by atoms with E-state index < -0.39 is 0 Å². The predicted octanol–water partition coefficient (Wildman–Crippen LogP) is 5.97. The first-order valence-electron chi connectivity index (χ1n) is 13.4. The van der Waals surface area contributed by atoms with Crippen LogP contribution in [0.2, 0.25) is 0 Å². The topological polar surface area (TPSA) is 113 Å². The number of carbonyl (C=O) groups excluding carboxylic acids is 1. The lowest BCUT2D eigenvalue weighted by atomic mass is 10.1. The van der Waals surface area contributed by atoms with E-state index in [-0.39, 0.29) is 5.78 Å². The van der Waals surface area contributed by atoms with Crippen LogP contribution in [0.3, 0.4) is 0 Å². The van der Waals surface area contributed by atoms with Crippen LogP contribution in [0.4, 0.5) is 0 Å². The van der Waals surface area contributed by atoms with Gasteiger partial charge in [-0.25, -0.2) is 4.98 Å². The van der Waals surface area contributed by atoms with E-state index in [4.69, 9.17) is 4.74 Å². The van der Waals surface area contributed by atoms with Gasteiger partial charge in [0.2, 0.25) is 0 Å². The number of H-pyrrole nitrogens is 2. The highest BCUT2D eigenvalue weighted by atomic mass is 32.1. The number of hydrogen-bond donors (Lipinski definition) is 2. The van der Waals surface area contributed by atoms with Crippen LogP contribution in [0.5, 0.6) is 5.75 Å². The molecule has 9 nitrogen and oxygen atoms in total. The molecule has 200 valence electrons. The lowest BCUT2D eigenvalue weighted by Gasteiger charge is -2.15. The Kier molecular flexibility index (Phi) is 6.33. The molecule has 40 heavy (non-hydrogen) atoms. The van der Waals surface area contributed by atoms with Gasteiger partial charge in [-0.3, -0.25) is 24.8 Å². The number of carbonyl (C=O) groups is 1. The van der Waals surface area contributed by atoms with Gasteiger partial charge in [-0.15, -0.1) is 11.3 Å². The molecular formula is C30H27N7O2S. The maximum Gasteiger partial charge on any atom is 0.169 e. The Balaban J connectivity index is 1.20. The maximum absolute atomic E-state index is 11.8. The fourth-order valence-corrected chi connectivity index (χ4v) is 6.19. The number of ether oxygens (including phenoxy) is 1. The third-order valence-corrected chi connectivity index (χ3v) is 8.58. The average molecular weight is 550 g/mol. The summed E-state index contributed by atoms with van der Waals surface area (Å²) in [6.45, 7) is 5.48. The number of hydrogen-bond acceptors (Lipinski definition) is 8. The summed E-state index contributed by atoms with van der Waals surface area (Å²) < 4.78 is 6.02. The summed E-state index contributed by atoms with van der Waals surface area (Å²) in [5.74, 6) is 0.813. The molecule has 7 rings (SSSR count). The molecule has 1 aliphatic heterocycles. The Bertz CT molecular complexity index is 1850. The van der Waals surface area contributed by atoms with E-state index in [1.54, 1.807) is 19.3 Å². The van der Waals surface area contributed by atoms with Crippen molar-refractivity contribution in [1.29, 1.82) is 0 Å². The van der Waals surface area contributed by atoms with Crippen LogP contribution in [-0.4, -0.2) is 67.1 Å². The Morgan fingerprint density at radius 1 is 1.00 bits per heavy atom. The van der Waals surface area contributed by atoms with Crippen LogP contribution in [0.25, 0.3) is 54.9 Å². The monoisotopic (exact) mass is 549 g/mol. The van der Waals surface area contributed by atoms with E-state index in [1.807, 2.05) is 36.8 Å². The molecule has 7 heterocycles. The van der Waals surface area contributed by atoms with Crippen LogP contribution in [0.15, 0.2) is 61.3 Å². The summed E-state index contributed by atoms with van der Waals surface area (Å²) >= 11 is 1.48. The van der Waals surface area contributed by atoms with Gasteiger partial charge in [-0.1, -0.05) is 0 Å². The molecule has 6 aromatic rings. The van der Waals surface area contributed by atoms with Gasteiger partial charge in [0.1, 0.15) is 18.1 Å². The number of thiophene rings is 1. The molecule has 10 heteroatoms. The van der Waals surface area contributed by atoms with Gasteiger partial charge in [0, 0.05) is 57.5 Å². The second-order valence-corrected chi connectivity index (χ2v) is 11.1. The van der Waals surface area contributed by atoms with Crippen LogP contribution in [-0.2, 0) is 0 Å². The number of nitrogens with one attached hydrogen (secondary N) is 2. The van der Waals surface area contributed by atoms with Crippen molar-refractivity contribution < 1.29 is 9.53 Å². The van der Waals surface area contributed by atoms with Crippen LogP contribution in [0, 0.1) is 0 Å². The molecule has 0 radical (unpaired) electrons. The Labute approximate surface area is 234 Å². The van der Waals surface area contributed by atoms with Gasteiger partial charge < -0.3 is 9.72 Å². The Morgan fingerprint density at radius 3 is 2.70 bits per heavy atom. The summed E-state index contributed by atoms with van der Waals surface area (Å²) in [5.41, 5.74) is 6.06. The molecule has 0 saturated carbocycles. The third-order valence-electron chi connectivity index (χ3n) is 7.36. The molecule has 0 aromatic carbocycles. The highest BCUT2D eigenvalue weighted by molar-refractivity contribution is 7.17. The van der Waals surface area contributed by atoms with Crippen LogP contribution in [0.1, 0.15) is 29.4 Å². The van der Waals surface area contributed by atoms with E-state index >= 15 is 0 Å². The summed E-state index contributed by atoms with van der Waals surface area (Å²) in [6.07, 6.45) is 11.6. The van der Waals surface area contributed by atoms with Gasteiger partial charge in [-0.05, 0) is 63.2 Å². The zero-order valence-electron chi connectivity index (χ0n) is 22.0. The number of pyridine rings is 3. The smallest absolute Gasteiger partial charge is 0.169 e. The van der Waals surface area contributed by atoms with E-state index in [0.717, 1.165) is 79.5 Å². The molecule has 6 aromatic heterocycles. The molecule has 1 aliphatic rings. The second-order valence-electron chi connectivity index (χ2n) is 10.1. The number of aromatic amines is 2. The van der Waals surface area contributed by atoms with Gasteiger partial charge in [0.05, 0.1) is 28.5 Å². The van der Waals surface area contributed by atoms with Gasteiger partial charge in [0.15, 0.2) is 11.4 Å². The number of Topliss-reactive ketones (excluding diaryl/α,β-unsaturated/α-hetero) is 1. The zero-order chi connectivity index (χ0) is 27.1. The number of ketones is 1. The van der Waals surface area contributed by atoms with Gasteiger partial charge in [-0.2, -0.15) is 5.10 Å². The molecule has 2 N–H and O–H groups in total. The molecule has 0 unspecified atom stereocenters. The molecule has 0 bridgehead atoms. The summed E-state index contributed by atoms with van der Waals surface area (Å²) in [5, 5.41) is 9.57. The number of likely N-dealkylation sites (tertiary alicyclic amines) is 1. The van der Waals surface area contributed by atoms with Gasteiger partial charge >= 0.3 is 0 Å². The Morgan fingerprint density at radius 2 is 1.85 bits per heavy atom. The van der Waals surface area contributed by atoms with Crippen molar-refractivity contribution in [3.05, 3.63) is 66.2 Å². The minimum atomic E-state index is 0.0619. The first-order chi connectivity index (χ1) is 19.6. The van der Waals surface area contributed by atoms with Crippen LogP contribution >= 0.6 is 11.3 Å². The highest BCUT2D eigenvalue weighted by Crippen LogP contribution is 2.37. The molecular weight excluding hydrogens is 522 g/mol. The maximum atomic E-state index is 11.8. The zero-order valence-corrected chi connectivity index (χ0v) is 22.8. The minimum Gasteiger partial charge on any atom is -0.491 e. The summed E-state index contributed by atoms with van der Waals surface area (Å²) in [7, 11) is 0. The molecule has 0 aliphatic carbocycles. The summed E-state index contributed by atoms with van der Waals surface area (Å²) in [6, 6.07) is 10.0. The standard InChI is InChI=1S/C30H27N7O2S/c1-18(38)27-4-5-28(40-27)24-16-32-17-26-22(24)12-25(34-26)29-23-11-20(14-33-30(23)36-35-29)19-10-21(15-31-13-19)39-9-8-37-6-2-3-7-37/h4-5,10-17,34H,2-3,6-9H2,1H3,(H,33,35,36). The van der Waals surface area contributed by atoms with Crippen molar-refractivity contribution >= 4 is 39.1 Å². The lowest BCUT2D eigenvalue weighted by molar-refractivity contribution is 0.102. The third kappa shape index (κ3) is 4.65. The first-order valence-corrected chi connectivity index (χ1v) is 14.2. The fraction of sp³-hybridized carbons (Fsp3) is 0.233. The van der Waals surface area contributed by atoms with Gasteiger partial charge in [0.25, 0.3) is 0 Å². The van der Waals surface area contributed by atoms with E-state index in [1.165, 1.54) is 24.2 Å². The van der Waals surface area contributed by atoms with Crippen molar-refractivity contribution in [2.75, 3.05) is 26.2 Å². The normalized spacial score (nSPS) is 13.9. The number of fused-ring (bicyclic) bond motifs is 2. The number of aromatic nitrogens is 6. The molecule has 0 amide bonds. The van der Waals surface area contributed by atoms with Crippen molar-refractivity contribution in [2.24, 2.45) is 0 Å². The van der Waals surface area contributed by atoms with E-state index in [9.17, 15) is 4.79 Å². The van der Waals surface area contributed by atoms with Crippen molar-refractivity contribution in [3.8, 4) is 38.7 Å². The molecule has 0 atom stereocenters. The minimum absolute atomic E-state index is 0.0619. The lowest BCUT2D eigenvalue weighted by Crippen LogP contribution is -2.25. The van der Waals surface area contributed by atoms with E-state index in [2.05, 4.69) is 47.2 Å². The van der Waals surface area contributed by atoms with Crippen molar-refractivity contribution in [3.63, 3.8) is 0 Å².